The van der Waals surface area contributed by atoms with Crippen molar-refractivity contribution in [3.63, 3.8) is 0 Å². The Morgan fingerprint density at radius 1 is 1.10 bits per heavy atom. The first kappa shape index (κ1) is 19.6. The molecule has 158 valence electrons. The van der Waals surface area contributed by atoms with Crippen LogP contribution in [-0.4, -0.2) is 61.7 Å². The van der Waals surface area contributed by atoms with Gasteiger partial charge in [0.1, 0.15) is 5.69 Å². The van der Waals surface area contributed by atoms with Crippen molar-refractivity contribution in [2.45, 2.75) is 20.3 Å². The maximum atomic E-state index is 12.7. The van der Waals surface area contributed by atoms with Crippen molar-refractivity contribution in [3.8, 4) is 5.69 Å². The lowest BCUT2D eigenvalue weighted by atomic mass is 10.2. The lowest BCUT2D eigenvalue weighted by Gasteiger charge is -2.21. The Morgan fingerprint density at radius 3 is 2.81 bits per heavy atom. The molecule has 9 heteroatoms. The molecule has 31 heavy (non-hydrogen) atoms. The van der Waals surface area contributed by atoms with E-state index in [1.54, 1.807) is 23.7 Å². The fourth-order valence-electron chi connectivity index (χ4n) is 3.88. The van der Waals surface area contributed by atoms with Gasteiger partial charge < -0.3 is 9.80 Å². The van der Waals surface area contributed by atoms with Crippen molar-refractivity contribution in [2.24, 2.45) is 0 Å². The average molecular weight is 434 g/mol. The number of carbonyl (C=O) groups excluding carboxylic acids is 1. The number of aryl methyl sites for hydroxylation is 2. The summed E-state index contributed by atoms with van der Waals surface area (Å²) in [5.74, 6) is -0.0646. The molecule has 1 amide bonds. The highest BCUT2D eigenvalue weighted by Gasteiger charge is 2.24. The third-order valence-corrected chi connectivity index (χ3v) is 6.67. The first-order valence-corrected chi connectivity index (χ1v) is 11.2. The van der Waals surface area contributed by atoms with E-state index < -0.39 is 0 Å². The molecule has 8 nitrogen and oxygen atoms in total. The first-order chi connectivity index (χ1) is 15.1. The smallest absolute Gasteiger partial charge is 0.274 e. The van der Waals surface area contributed by atoms with Crippen LogP contribution in [0.1, 0.15) is 28.2 Å². The average Bonchev–Trinajstić information content (AvgIpc) is 3.25. The zero-order valence-corrected chi connectivity index (χ0v) is 18.3. The van der Waals surface area contributed by atoms with Gasteiger partial charge in [-0.2, -0.15) is 10.1 Å². The van der Waals surface area contributed by atoms with Gasteiger partial charge in [0.2, 0.25) is 0 Å². The molecule has 0 atom stereocenters. The number of hydrogen-bond acceptors (Lipinski definition) is 7. The molecule has 0 saturated carbocycles. The minimum atomic E-state index is -0.0646. The standard InChI is InChI=1S/C22H23N7OS/c1-15-5-3-6-17(13-15)29-20-19(16(2)26-29)31-22(25-20)28-10-4-9-27(11-12-28)21(30)18-14-23-7-8-24-18/h3,5-8,13-14H,4,9-12H2,1-2H3. The second kappa shape index (κ2) is 8.07. The number of aromatic nitrogens is 5. The van der Waals surface area contributed by atoms with Gasteiger partial charge in [-0.15, -0.1) is 0 Å². The van der Waals surface area contributed by atoms with Gasteiger partial charge in [-0.05, 0) is 38.0 Å². The predicted octanol–water partition coefficient (Wildman–Crippen LogP) is 3.24. The van der Waals surface area contributed by atoms with Crippen molar-refractivity contribution in [1.82, 2.24) is 29.6 Å². The molecule has 4 heterocycles. The molecule has 1 aliphatic heterocycles. The van der Waals surface area contributed by atoms with Crippen molar-refractivity contribution in [2.75, 3.05) is 31.1 Å². The predicted molar refractivity (Wildman–Crippen MR) is 121 cm³/mol. The summed E-state index contributed by atoms with van der Waals surface area (Å²) in [6.45, 7) is 7.03. The van der Waals surface area contributed by atoms with Gasteiger partial charge in [-0.25, -0.2) is 9.67 Å². The Morgan fingerprint density at radius 2 is 2.00 bits per heavy atom. The highest BCUT2D eigenvalue weighted by atomic mass is 32.1. The van der Waals surface area contributed by atoms with E-state index in [-0.39, 0.29) is 5.91 Å². The molecule has 0 bridgehead atoms. The van der Waals surface area contributed by atoms with Gasteiger partial charge in [0.05, 0.1) is 22.3 Å². The molecule has 1 aromatic carbocycles. The Bertz CT molecular complexity index is 1230. The van der Waals surface area contributed by atoms with Crippen LogP contribution in [0.15, 0.2) is 42.9 Å². The summed E-state index contributed by atoms with van der Waals surface area (Å²) in [6.07, 6.45) is 5.54. The largest absolute Gasteiger partial charge is 0.346 e. The van der Waals surface area contributed by atoms with Crippen LogP contribution in [0.25, 0.3) is 16.0 Å². The summed E-state index contributed by atoms with van der Waals surface area (Å²) in [5, 5.41) is 5.69. The first-order valence-electron chi connectivity index (χ1n) is 10.3. The second-order valence-corrected chi connectivity index (χ2v) is 8.69. The van der Waals surface area contributed by atoms with Crippen LogP contribution in [0.4, 0.5) is 5.13 Å². The Kier molecular flexibility index (Phi) is 5.11. The van der Waals surface area contributed by atoms with Crippen molar-refractivity contribution >= 4 is 32.7 Å². The van der Waals surface area contributed by atoms with E-state index in [1.165, 1.54) is 11.8 Å². The molecule has 0 N–H and O–H groups in total. The van der Waals surface area contributed by atoms with Crippen LogP contribution in [0.3, 0.4) is 0 Å². The molecule has 0 radical (unpaired) electrons. The summed E-state index contributed by atoms with van der Waals surface area (Å²) in [4.78, 5) is 30.0. The van der Waals surface area contributed by atoms with Gasteiger partial charge >= 0.3 is 0 Å². The highest BCUT2D eigenvalue weighted by Crippen LogP contribution is 2.33. The van der Waals surface area contributed by atoms with Crippen LogP contribution < -0.4 is 4.90 Å². The minimum Gasteiger partial charge on any atom is -0.346 e. The van der Waals surface area contributed by atoms with Crippen molar-refractivity contribution < 1.29 is 4.79 Å². The van der Waals surface area contributed by atoms with E-state index in [0.29, 0.717) is 18.8 Å². The number of hydrogen-bond donors (Lipinski definition) is 0. The van der Waals surface area contributed by atoms with Crippen LogP contribution in [-0.2, 0) is 0 Å². The lowest BCUT2D eigenvalue weighted by molar-refractivity contribution is 0.0760. The maximum absolute atomic E-state index is 12.7. The van der Waals surface area contributed by atoms with E-state index in [4.69, 9.17) is 10.1 Å². The summed E-state index contributed by atoms with van der Waals surface area (Å²) in [5.41, 5.74) is 4.47. The van der Waals surface area contributed by atoms with Crippen LogP contribution >= 0.6 is 11.3 Å². The van der Waals surface area contributed by atoms with E-state index in [1.807, 2.05) is 22.6 Å². The Hall–Kier alpha value is -3.33. The normalized spacial score (nSPS) is 14.8. The molecule has 3 aromatic heterocycles. The molecule has 1 fully saturated rings. The second-order valence-electron chi connectivity index (χ2n) is 7.71. The molecular formula is C22H23N7OS. The number of carbonyl (C=O) groups is 1. The van der Waals surface area contributed by atoms with Gasteiger partial charge in [0.15, 0.2) is 10.8 Å². The maximum Gasteiger partial charge on any atom is 0.274 e. The van der Waals surface area contributed by atoms with Gasteiger partial charge in [0, 0.05) is 38.6 Å². The summed E-state index contributed by atoms with van der Waals surface area (Å²) < 4.78 is 3.03. The van der Waals surface area contributed by atoms with Crippen LogP contribution in [0, 0.1) is 13.8 Å². The zero-order chi connectivity index (χ0) is 21.4. The van der Waals surface area contributed by atoms with E-state index in [9.17, 15) is 4.79 Å². The van der Waals surface area contributed by atoms with E-state index in [0.717, 1.165) is 46.4 Å². The lowest BCUT2D eigenvalue weighted by Crippen LogP contribution is -2.35. The molecule has 0 unspecified atom stereocenters. The number of thiazole rings is 1. The zero-order valence-electron chi connectivity index (χ0n) is 17.5. The number of fused-ring (bicyclic) bond motifs is 1. The highest BCUT2D eigenvalue weighted by molar-refractivity contribution is 7.22. The van der Waals surface area contributed by atoms with E-state index in [2.05, 4.69) is 40.0 Å². The minimum absolute atomic E-state index is 0.0646. The van der Waals surface area contributed by atoms with Crippen LogP contribution in [0.5, 0.6) is 0 Å². The molecular weight excluding hydrogens is 410 g/mol. The summed E-state index contributed by atoms with van der Waals surface area (Å²) in [7, 11) is 0. The molecule has 0 spiro atoms. The fourth-order valence-corrected chi connectivity index (χ4v) is 4.92. The number of amides is 1. The molecule has 1 saturated heterocycles. The summed E-state index contributed by atoms with van der Waals surface area (Å²) >= 11 is 1.67. The molecule has 1 aliphatic rings. The SMILES string of the molecule is Cc1cccc(-n2nc(C)c3sc(N4CCCN(C(=O)c5cnccn5)CC4)nc32)c1. The van der Waals surface area contributed by atoms with Gasteiger partial charge in [-0.3, -0.25) is 9.78 Å². The molecule has 0 aliphatic carbocycles. The number of nitrogens with zero attached hydrogens (tertiary/aromatic N) is 7. The Labute approximate surface area is 184 Å². The third-order valence-electron chi connectivity index (χ3n) is 5.46. The number of rotatable bonds is 3. The van der Waals surface area contributed by atoms with Gasteiger partial charge in [-0.1, -0.05) is 23.5 Å². The Balaban J connectivity index is 1.39. The molecule has 4 aromatic rings. The van der Waals surface area contributed by atoms with Crippen molar-refractivity contribution in [3.05, 3.63) is 59.8 Å². The third kappa shape index (κ3) is 3.76. The van der Waals surface area contributed by atoms with Crippen LogP contribution in [0.2, 0.25) is 0 Å². The topological polar surface area (TPSA) is 80.0 Å². The fraction of sp³-hybridized carbons (Fsp3) is 0.318. The van der Waals surface area contributed by atoms with E-state index >= 15 is 0 Å². The number of anilines is 1. The van der Waals surface area contributed by atoms with Gasteiger partial charge in [0.25, 0.3) is 5.91 Å². The van der Waals surface area contributed by atoms with Crippen molar-refractivity contribution in [1.29, 1.82) is 0 Å². The summed E-state index contributed by atoms with van der Waals surface area (Å²) in [6, 6.07) is 8.29. The molecule has 5 rings (SSSR count). The quantitative estimate of drug-likeness (QED) is 0.493. The monoisotopic (exact) mass is 433 g/mol. The number of benzene rings is 1.